The van der Waals surface area contributed by atoms with Crippen molar-refractivity contribution in [3.8, 4) is 0 Å². The Kier molecular flexibility index (Phi) is 4.80. The smallest absolute Gasteiger partial charge is 0.328 e. The van der Waals surface area contributed by atoms with Gasteiger partial charge in [0.1, 0.15) is 6.04 Å². The molecular weight excluding hydrogens is 270 g/mol. The molecule has 21 heavy (non-hydrogen) atoms. The Morgan fingerprint density at radius 3 is 2.90 bits per heavy atom. The van der Waals surface area contributed by atoms with Crippen LogP contribution >= 0.6 is 0 Å². The average Bonchev–Trinajstić information content (AvgIpc) is 2.96. The van der Waals surface area contributed by atoms with Crippen LogP contribution in [0.25, 0.3) is 0 Å². The number of nitrogens with zero attached hydrogens (tertiary/aromatic N) is 1. The summed E-state index contributed by atoms with van der Waals surface area (Å²) in [6.45, 7) is 2.44. The Bertz CT molecular complexity index is 531. The molecule has 0 aliphatic carbocycles. The molecule has 2 unspecified atom stereocenters. The predicted molar refractivity (Wildman–Crippen MR) is 79.8 cm³/mol. The highest BCUT2D eigenvalue weighted by Crippen LogP contribution is 2.21. The molecule has 3 N–H and O–H groups in total. The minimum atomic E-state index is -0.494. The van der Waals surface area contributed by atoms with Gasteiger partial charge in [0.25, 0.3) is 0 Å². The van der Waals surface area contributed by atoms with Crippen molar-refractivity contribution < 1.29 is 14.3 Å². The number of carbonyl (C=O) groups is 2. The Balaban J connectivity index is 2.07. The van der Waals surface area contributed by atoms with Crippen molar-refractivity contribution in [2.45, 2.75) is 31.8 Å². The van der Waals surface area contributed by atoms with Gasteiger partial charge in [0, 0.05) is 18.3 Å². The van der Waals surface area contributed by atoms with E-state index in [2.05, 4.69) is 5.32 Å². The number of ether oxygens (including phenoxy) is 1. The molecule has 1 aromatic carbocycles. The summed E-state index contributed by atoms with van der Waals surface area (Å²) in [5.74, 6) is -0.369. The number of methoxy groups -OCH3 is 1. The largest absolute Gasteiger partial charge is 0.467 e. The number of urea groups is 1. The molecule has 2 atom stereocenters. The van der Waals surface area contributed by atoms with Gasteiger partial charge in [-0.2, -0.15) is 0 Å². The van der Waals surface area contributed by atoms with Crippen LogP contribution in [0.1, 0.15) is 31.4 Å². The van der Waals surface area contributed by atoms with E-state index in [-0.39, 0.29) is 18.0 Å². The maximum atomic E-state index is 12.3. The van der Waals surface area contributed by atoms with Crippen molar-refractivity contribution in [1.82, 2.24) is 4.90 Å². The number of hydrogen-bond acceptors (Lipinski definition) is 4. The summed E-state index contributed by atoms with van der Waals surface area (Å²) >= 11 is 0. The lowest BCUT2D eigenvalue weighted by Gasteiger charge is -2.23. The van der Waals surface area contributed by atoms with Gasteiger partial charge in [-0.3, -0.25) is 0 Å². The second kappa shape index (κ2) is 6.58. The van der Waals surface area contributed by atoms with Crippen LogP contribution in [0, 0.1) is 0 Å². The van der Waals surface area contributed by atoms with E-state index in [0.717, 1.165) is 12.0 Å². The first-order chi connectivity index (χ1) is 10.0. The van der Waals surface area contributed by atoms with Crippen LogP contribution in [-0.4, -0.2) is 36.6 Å². The number of esters is 1. The third-order valence-electron chi connectivity index (χ3n) is 3.65. The number of hydrogen-bond donors (Lipinski definition) is 2. The van der Waals surface area contributed by atoms with Crippen LogP contribution in [-0.2, 0) is 9.53 Å². The van der Waals surface area contributed by atoms with Crippen LogP contribution < -0.4 is 11.1 Å². The summed E-state index contributed by atoms with van der Waals surface area (Å²) in [7, 11) is 1.34. The van der Waals surface area contributed by atoms with Gasteiger partial charge in [0.15, 0.2) is 0 Å². The number of carbonyl (C=O) groups excluding carboxylic acids is 2. The lowest BCUT2D eigenvalue weighted by molar-refractivity contribution is -0.144. The van der Waals surface area contributed by atoms with Gasteiger partial charge in [-0.1, -0.05) is 12.1 Å². The first-order valence-electron chi connectivity index (χ1n) is 7.04. The van der Waals surface area contributed by atoms with Gasteiger partial charge < -0.3 is 20.7 Å². The van der Waals surface area contributed by atoms with Crippen molar-refractivity contribution in [3.63, 3.8) is 0 Å². The maximum absolute atomic E-state index is 12.3. The van der Waals surface area contributed by atoms with Crippen molar-refractivity contribution in [2.75, 3.05) is 19.0 Å². The summed E-state index contributed by atoms with van der Waals surface area (Å²) in [6, 6.07) is 6.51. The molecule has 1 fully saturated rings. The molecule has 1 aliphatic heterocycles. The summed E-state index contributed by atoms with van der Waals surface area (Å²) in [4.78, 5) is 25.5. The Morgan fingerprint density at radius 2 is 2.24 bits per heavy atom. The number of anilines is 1. The van der Waals surface area contributed by atoms with E-state index in [1.165, 1.54) is 12.0 Å². The van der Waals surface area contributed by atoms with E-state index >= 15 is 0 Å². The van der Waals surface area contributed by atoms with Crippen molar-refractivity contribution >= 4 is 17.7 Å². The van der Waals surface area contributed by atoms with Gasteiger partial charge in [-0.15, -0.1) is 0 Å². The second-order valence-corrected chi connectivity index (χ2v) is 5.22. The number of benzene rings is 1. The molecule has 0 saturated carbocycles. The summed E-state index contributed by atoms with van der Waals surface area (Å²) in [6.07, 6.45) is 1.44. The molecule has 114 valence electrons. The molecule has 6 nitrogen and oxygen atoms in total. The van der Waals surface area contributed by atoms with E-state index < -0.39 is 6.04 Å². The zero-order chi connectivity index (χ0) is 15.4. The molecule has 0 aromatic heterocycles. The zero-order valence-electron chi connectivity index (χ0n) is 12.3. The highest BCUT2D eigenvalue weighted by atomic mass is 16.5. The van der Waals surface area contributed by atoms with Gasteiger partial charge in [0.05, 0.1) is 7.11 Å². The van der Waals surface area contributed by atoms with Gasteiger partial charge in [-0.05, 0) is 37.5 Å². The van der Waals surface area contributed by atoms with Gasteiger partial charge >= 0.3 is 12.0 Å². The number of amides is 2. The molecule has 6 heteroatoms. The molecule has 2 amide bonds. The maximum Gasteiger partial charge on any atom is 0.328 e. The number of likely N-dealkylation sites (tertiary alicyclic amines) is 1. The SMILES string of the molecule is COC(=O)C1CCCN1C(=O)Nc1cccc(C(C)N)c1. The minimum Gasteiger partial charge on any atom is -0.467 e. The van der Waals surface area contributed by atoms with E-state index in [1.807, 2.05) is 25.1 Å². The molecular formula is C15H21N3O3. The fraction of sp³-hybridized carbons (Fsp3) is 0.467. The first-order valence-corrected chi connectivity index (χ1v) is 7.04. The molecule has 1 heterocycles. The Labute approximate surface area is 124 Å². The summed E-state index contributed by atoms with van der Waals surface area (Å²) < 4.78 is 4.74. The Hall–Kier alpha value is -2.08. The molecule has 1 aliphatic rings. The molecule has 0 bridgehead atoms. The Morgan fingerprint density at radius 1 is 1.48 bits per heavy atom. The van der Waals surface area contributed by atoms with Crippen LogP contribution in [0.15, 0.2) is 24.3 Å². The second-order valence-electron chi connectivity index (χ2n) is 5.22. The van der Waals surface area contributed by atoms with E-state index in [1.54, 1.807) is 6.07 Å². The number of nitrogens with one attached hydrogen (secondary N) is 1. The topological polar surface area (TPSA) is 84.7 Å². The highest BCUT2D eigenvalue weighted by Gasteiger charge is 2.34. The van der Waals surface area contributed by atoms with Crippen molar-refractivity contribution in [1.29, 1.82) is 0 Å². The highest BCUT2D eigenvalue weighted by molar-refractivity contribution is 5.93. The average molecular weight is 291 g/mol. The number of rotatable bonds is 3. The van der Waals surface area contributed by atoms with E-state index in [4.69, 9.17) is 10.5 Å². The summed E-state index contributed by atoms with van der Waals surface area (Å²) in [5.41, 5.74) is 7.45. The van der Waals surface area contributed by atoms with Crippen molar-refractivity contribution in [2.24, 2.45) is 5.73 Å². The van der Waals surface area contributed by atoms with Gasteiger partial charge in [-0.25, -0.2) is 9.59 Å². The number of nitrogens with two attached hydrogens (primary N) is 1. The monoisotopic (exact) mass is 291 g/mol. The fourth-order valence-electron chi connectivity index (χ4n) is 2.49. The first kappa shape index (κ1) is 15.3. The van der Waals surface area contributed by atoms with Crippen LogP contribution in [0.4, 0.5) is 10.5 Å². The predicted octanol–water partition coefficient (Wildman–Crippen LogP) is 1.88. The minimum absolute atomic E-state index is 0.101. The summed E-state index contributed by atoms with van der Waals surface area (Å²) in [5, 5.41) is 2.81. The standard InChI is InChI=1S/C15H21N3O3/c1-10(16)11-5-3-6-12(9-11)17-15(20)18-8-4-7-13(18)14(19)21-2/h3,5-6,9-10,13H,4,7-8,16H2,1-2H3,(H,17,20). The van der Waals surface area contributed by atoms with E-state index in [0.29, 0.717) is 18.7 Å². The molecule has 1 aromatic rings. The van der Waals surface area contributed by atoms with Crippen LogP contribution in [0.3, 0.4) is 0 Å². The van der Waals surface area contributed by atoms with Crippen LogP contribution in [0.5, 0.6) is 0 Å². The zero-order valence-corrected chi connectivity index (χ0v) is 12.3. The van der Waals surface area contributed by atoms with Crippen LogP contribution in [0.2, 0.25) is 0 Å². The lowest BCUT2D eigenvalue weighted by Crippen LogP contribution is -2.43. The van der Waals surface area contributed by atoms with Crippen molar-refractivity contribution in [3.05, 3.63) is 29.8 Å². The quantitative estimate of drug-likeness (QED) is 0.833. The normalized spacial score (nSPS) is 19.2. The van der Waals surface area contributed by atoms with E-state index in [9.17, 15) is 9.59 Å². The van der Waals surface area contributed by atoms with Gasteiger partial charge in [0.2, 0.25) is 0 Å². The molecule has 2 rings (SSSR count). The molecule has 0 radical (unpaired) electrons. The third kappa shape index (κ3) is 3.52. The lowest BCUT2D eigenvalue weighted by atomic mass is 10.1. The fourth-order valence-corrected chi connectivity index (χ4v) is 2.49. The molecule has 1 saturated heterocycles. The molecule has 0 spiro atoms. The third-order valence-corrected chi connectivity index (χ3v) is 3.65.